The highest BCUT2D eigenvalue weighted by atomic mass is 32.1. The van der Waals surface area contributed by atoms with Crippen molar-refractivity contribution in [3.8, 4) is 5.75 Å². The Morgan fingerprint density at radius 3 is 2.75 bits per heavy atom. The number of nitrogens with two attached hydrogens (primary N) is 1. The number of hydrogen-bond acceptors (Lipinski definition) is 2. The molecule has 0 radical (unpaired) electrons. The Balaban J connectivity index is 1.94. The van der Waals surface area contributed by atoms with Gasteiger partial charge in [-0.05, 0) is 12.1 Å². The van der Waals surface area contributed by atoms with E-state index in [1.165, 1.54) is 0 Å². The molecular weight excluding hydrogens is 240 g/mol. The number of nitrogens with one attached hydrogen (secondary N) is 1. The summed E-state index contributed by atoms with van der Waals surface area (Å²) in [6, 6.07) is 9.83. The van der Waals surface area contributed by atoms with Gasteiger partial charge in [0.2, 0.25) is 0 Å². The zero-order valence-corrected chi connectivity index (χ0v) is 10.8. The summed E-state index contributed by atoms with van der Waals surface area (Å²) in [7, 11) is 0. The Morgan fingerprint density at radius 1 is 1.31 bits per heavy atom. The predicted molar refractivity (Wildman–Crippen MR) is 73.2 cm³/mol. The monoisotopic (exact) mass is 257 g/mol. The zero-order chi connectivity index (χ0) is 11.6. The molecular formula is C11H17N2OS2+. The number of thiol groups is 1. The quantitative estimate of drug-likeness (QED) is 0.377. The van der Waals surface area contributed by atoms with E-state index in [1.54, 1.807) is 0 Å². The first-order valence-electron chi connectivity index (χ1n) is 5.25. The fraction of sp³-hybridized carbons (Fsp3) is 0.364. The van der Waals surface area contributed by atoms with Crippen molar-refractivity contribution < 1.29 is 10.1 Å². The molecule has 0 unspecified atom stereocenters. The highest BCUT2D eigenvalue weighted by Gasteiger charge is 1.94. The first kappa shape index (κ1) is 13.3. The molecule has 0 saturated carbocycles. The summed E-state index contributed by atoms with van der Waals surface area (Å²) in [5.41, 5.74) is 0. The van der Waals surface area contributed by atoms with Gasteiger partial charge in [0, 0.05) is 0 Å². The van der Waals surface area contributed by atoms with Crippen molar-refractivity contribution in [2.75, 3.05) is 26.2 Å². The van der Waals surface area contributed by atoms with Crippen molar-refractivity contribution in [2.45, 2.75) is 0 Å². The predicted octanol–water partition coefficient (Wildman–Crippen LogP) is 0.433. The van der Waals surface area contributed by atoms with Crippen LogP contribution in [0.15, 0.2) is 30.3 Å². The standard InChI is InChI=1S/C11H16N2OS2/c15-11(16)13-7-6-12-8-9-14-10-4-2-1-3-5-10/h1-5,12H,6-9H2,(H2,13,15,16)/p+1. The molecule has 3 N–H and O–H groups in total. The molecule has 0 aromatic heterocycles. The number of thiocarbonyl (C=S) groups is 1. The van der Waals surface area contributed by atoms with Gasteiger partial charge in [0.05, 0.1) is 13.1 Å². The maximum Gasteiger partial charge on any atom is 0.137 e. The van der Waals surface area contributed by atoms with Crippen LogP contribution in [0.3, 0.4) is 0 Å². The Bertz CT molecular complexity index is 306. The van der Waals surface area contributed by atoms with Crippen molar-refractivity contribution in [1.29, 1.82) is 0 Å². The van der Waals surface area contributed by atoms with Crippen LogP contribution in [0.2, 0.25) is 0 Å². The number of quaternary nitrogens is 1. The third-order valence-electron chi connectivity index (χ3n) is 1.96. The van der Waals surface area contributed by atoms with E-state index in [9.17, 15) is 0 Å². The maximum absolute atomic E-state index is 5.54. The lowest BCUT2D eigenvalue weighted by Crippen LogP contribution is -2.86. The lowest BCUT2D eigenvalue weighted by molar-refractivity contribution is -0.653. The van der Waals surface area contributed by atoms with E-state index in [1.807, 2.05) is 30.3 Å². The molecule has 0 heterocycles. The molecule has 1 rings (SSSR count). The molecule has 0 atom stereocenters. The van der Waals surface area contributed by atoms with Gasteiger partial charge < -0.3 is 15.4 Å². The third kappa shape index (κ3) is 6.66. The van der Waals surface area contributed by atoms with Gasteiger partial charge in [-0.1, -0.05) is 30.4 Å². The third-order valence-corrected chi connectivity index (χ3v) is 2.26. The van der Waals surface area contributed by atoms with Crippen LogP contribution < -0.4 is 15.4 Å². The Morgan fingerprint density at radius 2 is 2.06 bits per heavy atom. The zero-order valence-electron chi connectivity index (χ0n) is 9.06. The molecule has 3 nitrogen and oxygen atoms in total. The summed E-state index contributed by atoms with van der Waals surface area (Å²) in [6.45, 7) is 3.47. The fourth-order valence-corrected chi connectivity index (χ4v) is 1.42. The fourth-order valence-electron chi connectivity index (χ4n) is 1.20. The molecule has 0 saturated heterocycles. The minimum atomic E-state index is 0.550. The van der Waals surface area contributed by atoms with Crippen molar-refractivity contribution in [3.63, 3.8) is 0 Å². The minimum absolute atomic E-state index is 0.550. The summed E-state index contributed by atoms with van der Waals surface area (Å²) in [4.78, 5) is 0. The van der Waals surface area contributed by atoms with Gasteiger partial charge in [0.1, 0.15) is 23.2 Å². The number of rotatable bonds is 7. The number of hydrogen-bond donors (Lipinski definition) is 3. The van der Waals surface area contributed by atoms with Crippen LogP contribution in [0.5, 0.6) is 5.75 Å². The second-order valence-corrected chi connectivity index (χ2v) is 4.42. The maximum atomic E-state index is 5.54. The van der Waals surface area contributed by atoms with Crippen molar-refractivity contribution >= 4 is 29.2 Å². The van der Waals surface area contributed by atoms with E-state index in [-0.39, 0.29) is 0 Å². The van der Waals surface area contributed by atoms with Gasteiger partial charge in [0.25, 0.3) is 0 Å². The van der Waals surface area contributed by atoms with Crippen LogP contribution in [0, 0.1) is 0 Å². The molecule has 1 aromatic rings. The molecule has 0 amide bonds. The highest BCUT2D eigenvalue weighted by Crippen LogP contribution is 2.06. The molecule has 0 bridgehead atoms. The number of benzene rings is 1. The molecule has 0 aliphatic heterocycles. The Labute approximate surface area is 107 Å². The lowest BCUT2D eigenvalue weighted by atomic mass is 10.3. The van der Waals surface area contributed by atoms with Crippen LogP contribution in [0.25, 0.3) is 0 Å². The second kappa shape index (κ2) is 8.38. The molecule has 5 heteroatoms. The van der Waals surface area contributed by atoms with Gasteiger partial charge >= 0.3 is 0 Å². The van der Waals surface area contributed by atoms with E-state index in [2.05, 4.69) is 23.3 Å². The van der Waals surface area contributed by atoms with Gasteiger partial charge in [-0.2, -0.15) is 0 Å². The van der Waals surface area contributed by atoms with E-state index < -0.39 is 0 Å². The van der Waals surface area contributed by atoms with E-state index in [0.29, 0.717) is 4.32 Å². The number of para-hydroxylation sites is 1. The van der Waals surface area contributed by atoms with Crippen LogP contribution in [0.4, 0.5) is 0 Å². The largest absolute Gasteiger partial charge is 0.488 e. The molecule has 0 spiro atoms. The van der Waals surface area contributed by atoms with Gasteiger partial charge in [-0.3, -0.25) is 0 Å². The van der Waals surface area contributed by atoms with Gasteiger partial charge in [-0.25, -0.2) is 0 Å². The van der Waals surface area contributed by atoms with Crippen LogP contribution in [-0.2, 0) is 0 Å². The minimum Gasteiger partial charge on any atom is -0.488 e. The average Bonchev–Trinajstić information content (AvgIpc) is 2.29. The average molecular weight is 257 g/mol. The van der Waals surface area contributed by atoms with E-state index in [4.69, 9.17) is 17.0 Å². The molecule has 0 fully saturated rings. The van der Waals surface area contributed by atoms with Crippen LogP contribution in [-0.4, -0.2) is 30.6 Å². The highest BCUT2D eigenvalue weighted by molar-refractivity contribution is 8.11. The molecule has 0 aliphatic carbocycles. The summed E-state index contributed by atoms with van der Waals surface area (Å²) in [6.07, 6.45) is 0. The molecule has 1 aromatic carbocycles. The normalized spacial score (nSPS) is 9.81. The summed E-state index contributed by atoms with van der Waals surface area (Å²) in [5, 5.41) is 5.16. The Kier molecular flexibility index (Phi) is 6.96. The molecule has 0 aliphatic rings. The van der Waals surface area contributed by atoms with Gasteiger partial charge in [-0.15, -0.1) is 12.6 Å². The Hall–Kier alpha value is -0.780. The summed E-state index contributed by atoms with van der Waals surface area (Å²) < 4.78 is 6.09. The summed E-state index contributed by atoms with van der Waals surface area (Å²) >= 11 is 8.75. The van der Waals surface area contributed by atoms with Crippen molar-refractivity contribution in [3.05, 3.63) is 30.3 Å². The first-order valence-corrected chi connectivity index (χ1v) is 6.11. The van der Waals surface area contributed by atoms with Crippen molar-refractivity contribution in [1.82, 2.24) is 5.32 Å². The number of ether oxygens (including phenoxy) is 1. The van der Waals surface area contributed by atoms with Crippen LogP contribution >= 0.6 is 24.8 Å². The van der Waals surface area contributed by atoms with Gasteiger partial charge in [0.15, 0.2) is 0 Å². The summed E-state index contributed by atoms with van der Waals surface area (Å²) in [5.74, 6) is 0.922. The molecule has 16 heavy (non-hydrogen) atoms. The second-order valence-electron chi connectivity index (χ2n) is 3.26. The smallest absolute Gasteiger partial charge is 0.137 e. The van der Waals surface area contributed by atoms with Crippen molar-refractivity contribution in [2.24, 2.45) is 0 Å². The van der Waals surface area contributed by atoms with E-state index in [0.717, 1.165) is 32.0 Å². The molecule has 88 valence electrons. The SMILES string of the molecule is S=C(S)NCC[NH2+]CCOc1ccccc1. The van der Waals surface area contributed by atoms with Crippen LogP contribution in [0.1, 0.15) is 0 Å². The topological polar surface area (TPSA) is 37.9 Å². The van der Waals surface area contributed by atoms with E-state index >= 15 is 0 Å². The lowest BCUT2D eigenvalue weighted by Gasteiger charge is -2.05. The first-order chi connectivity index (χ1) is 7.79.